The Kier molecular flexibility index (Phi) is 4.45. The monoisotopic (exact) mass is 430 g/mol. The van der Waals surface area contributed by atoms with Crippen LogP contribution in [0.2, 0.25) is 0 Å². The minimum Gasteiger partial charge on any atom is -0.465 e. The lowest BCUT2D eigenvalue weighted by molar-refractivity contribution is -0.129. The van der Waals surface area contributed by atoms with E-state index in [2.05, 4.69) is 21.2 Å². The predicted octanol–water partition coefficient (Wildman–Crippen LogP) is 2.37. The quantitative estimate of drug-likeness (QED) is 0.594. The van der Waals surface area contributed by atoms with Crippen molar-refractivity contribution in [1.82, 2.24) is 5.32 Å². The van der Waals surface area contributed by atoms with Gasteiger partial charge in [-0.05, 0) is 42.0 Å². The Balaban J connectivity index is 1.75. The van der Waals surface area contributed by atoms with Gasteiger partial charge in [-0.1, -0.05) is 28.1 Å². The number of carbonyl (C=O) groups is 3. The van der Waals surface area contributed by atoms with Crippen molar-refractivity contribution < 1.29 is 24.0 Å². The van der Waals surface area contributed by atoms with Crippen molar-refractivity contribution in [2.45, 2.75) is 12.1 Å². The average molecular weight is 431 g/mol. The van der Waals surface area contributed by atoms with Crippen molar-refractivity contribution in [1.29, 1.82) is 0 Å². The average Bonchev–Trinajstić information content (AvgIpc) is 3.20. The van der Waals surface area contributed by atoms with E-state index in [-0.39, 0.29) is 5.91 Å². The van der Waals surface area contributed by atoms with E-state index in [0.717, 1.165) is 15.7 Å². The van der Waals surface area contributed by atoms with Crippen LogP contribution in [0.25, 0.3) is 0 Å². The van der Waals surface area contributed by atoms with E-state index in [9.17, 15) is 14.4 Å². The number of nitrogens with one attached hydrogen (secondary N) is 1. The number of rotatable bonds is 3. The van der Waals surface area contributed by atoms with Gasteiger partial charge >= 0.3 is 5.97 Å². The van der Waals surface area contributed by atoms with Crippen molar-refractivity contribution in [2.24, 2.45) is 5.92 Å². The molecule has 2 saturated heterocycles. The van der Waals surface area contributed by atoms with Crippen LogP contribution in [0.3, 0.4) is 0 Å². The molecule has 2 fully saturated rings. The molecule has 4 rings (SSSR count). The predicted molar refractivity (Wildman–Crippen MR) is 98.7 cm³/mol. The van der Waals surface area contributed by atoms with Crippen LogP contribution in [0.5, 0.6) is 0 Å². The van der Waals surface area contributed by atoms with Gasteiger partial charge in [0.2, 0.25) is 5.91 Å². The highest BCUT2D eigenvalue weighted by Gasteiger charge is 2.56. The molecule has 138 valence electrons. The smallest absolute Gasteiger partial charge is 0.337 e. The van der Waals surface area contributed by atoms with Crippen molar-refractivity contribution >= 4 is 39.4 Å². The molecule has 7 nitrogen and oxygen atoms in total. The van der Waals surface area contributed by atoms with E-state index < -0.39 is 29.9 Å². The van der Waals surface area contributed by atoms with Crippen molar-refractivity contribution in [3.05, 3.63) is 64.1 Å². The van der Waals surface area contributed by atoms with Crippen LogP contribution in [0.4, 0.5) is 5.69 Å². The van der Waals surface area contributed by atoms with Crippen LogP contribution in [-0.4, -0.2) is 31.0 Å². The number of carbonyl (C=O) groups excluding carboxylic acids is 3. The summed E-state index contributed by atoms with van der Waals surface area (Å²) in [7, 11) is 1.31. The summed E-state index contributed by atoms with van der Waals surface area (Å²) >= 11 is 3.39. The third-order valence-corrected chi connectivity index (χ3v) is 5.24. The fourth-order valence-electron chi connectivity index (χ4n) is 3.42. The Morgan fingerprint density at radius 1 is 1.07 bits per heavy atom. The SMILES string of the molecule is COC(=O)c1ccc([C@@H]2[C@@H]3C(=O)NC(=O)[C@H]3ON2c2ccc(Br)cc2)cc1. The summed E-state index contributed by atoms with van der Waals surface area (Å²) in [6, 6.07) is 13.6. The minimum atomic E-state index is -0.883. The van der Waals surface area contributed by atoms with Gasteiger partial charge in [-0.15, -0.1) is 0 Å². The van der Waals surface area contributed by atoms with E-state index in [0.29, 0.717) is 5.56 Å². The molecule has 27 heavy (non-hydrogen) atoms. The molecule has 0 bridgehead atoms. The first kappa shape index (κ1) is 17.7. The molecule has 0 aromatic heterocycles. The fourth-order valence-corrected chi connectivity index (χ4v) is 3.68. The number of esters is 1. The lowest BCUT2D eigenvalue weighted by atomic mass is 9.90. The molecular weight excluding hydrogens is 416 g/mol. The second-order valence-electron chi connectivity index (χ2n) is 6.27. The summed E-state index contributed by atoms with van der Waals surface area (Å²) in [6.45, 7) is 0. The van der Waals surface area contributed by atoms with Crippen LogP contribution in [0.15, 0.2) is 53.0 Å². The number of fused-ring (bicyclic) bond motifs is 1. The first-order chi connectivity index (χ1) is 13.0. The highest BCUT2D eigenvalue weighted by atomic mass is 79.9. The van der Waals surface area contributed by atoms with Gasteiger partial charge in [-0.2, -0.15) is 0 Å². The number of hydrogen-bond acceptors (Lipinski definition) is 6. The van der Waals surface area contributed by atoms with E-state index in [1.54, 1.807) is 29.3 Å². The molecule has 0 unspecified atom stereocenters. The molecule has 8 heteroatoms. The highest BCUT2D eigenvalue weighted by molar-refractivity contribution is 9.10. The molecule has 2 aliphatic rings. The Labute approximate surface area is 163 Å². The largest absolute Gasteiger partial charge is 0.465 e. The van der Waals surface area contributed by atoms with Gasteiger partial charge < -0.3 is 4.74 Å². The molecule has 0 saturated carbocycles. The van der Waals surface area contributed by atoms with E-state index in [1.165, 1.54) is 7.11 Å². The second kappa shape index (κ2) is 6.79. The lowest BCUT2D eigenvalue weighted by Crippen LogP contribution is -2.33. The topological polar surface area (TPSA) is 84.9 Å². The van der Waals surface area contributed by atoms with Crippen LogP contribution in [0.1, 0.15) is 22.0 Å². The zero-order chi connectivity index (χ0) is 19.1. The van der Waals surface area contributed by atoms with Gasteiger partial charge in [0.05, 0.1) is 24.4 Å². The Bertz CT molecular complexity index is 913. The third kappa shape index (κ3) is 3.00. The summed E-state index contributed by atoms with van der Waals surface area (Å²) < 4.78 is 5.62. The molecule has 3 atom stereocenters. The van der Waals surface area contributed by atoms with E-state index in [4.69, 9.17) is 9.57 Å². The molecular formula is C19H15BrN2O5. The zero-order valence-electron chi connectivity index (χ0n) is 14.2. The maximum Gasteiger partial charge on any atom is 0.337 e. The number of halogens is 1. The van der Waals surface area contributed by atoms with Crippen LogP contribution < -0.4 is 10.4 Å². The summed E-state index contributed by atoms with van der Waals surface area (Å²) in [4.78, 5) is 42.0. The molecule has 0 radical (unpaired) electrons. The summed E-state index contributed by atoms with van der Waals surface area (Å²) in [6.07, 6.45) is -0.883. The Hall–Kier alpha value is -2.71. The number of nitrogens with zero attached hydrogens (tertiary/aromatic N) is 1. The molecule has 2 aliphatic heterocycles. The van der Waals surface area contributed by atoms with Crippen molar-refractivity contribution in [2.75, 3.05) is 12.2 Å². The Morgan fingerprint density at radius 2 is 1.74 bits per heavy atom. The van der Waals surface area contributed by atoms with Crippen LogP contribution in [-0.2, 0) is 19.2 Å². The van der Waals surface area contributed by atoms with Crippen molar-refractivity contribution in [3.63, 3.8) is 0 Å². The Morgan fingerprint density at radius 3 is 2.37 bits per heavy atom. The first-order valence-corrected chi connectivity index (χ1v) is 9.03. The van der Waals surface area contributed by atoms with Crippen LogP contribution >= 0.6 is 15.9 Å². The summed E-state index contributed by atoms with van der Waals surface area (Å²) in [5.41, 5.74) is 1.87. The van der Waals surface area contributed by atoms with Gasteiger partial charge in [-0.25, -0.2) is 9.86 Å². The minimum absolute atomic E-state index is 0.369. The number of ether oxygens (including phenoxy) is 1. The summed E-state index contributed by atoms with van der Waals surface area (Å²) in [5, 5.41) is 3.92. The number of hydroxylamine groups is 1. The van der Waals surface area contributed by atoms with Gasteiger partial charge in [-0.3, -0.25) is 19.7 Å². The fraction of sp³-hybridized carbons (Fsp3) is 0.211. The van der Waals surface area contributed by atoms with Gasteiger partial charge in [0.25, 0.3) is 5.91 Å². The van der Waals surface area contributed by atoms with Gasteiger partial charge in [0, 0.05) is 4.47 Å². The number of imide groups is 1. The molecule has 0 aliphatic carbocycles. The molecule has 2 aromatic carbocycles. The number of methoxy groups -OCH3 is 1. The van der Waals surface area contributed by atoms with Gasteiger partial charge in [0.1, 0.15) is 5.92 Å². The first-order valence-electron chi connectivity index (χ1n) is 8.24. The van der Waals surface area contributed by atoms with Gasteiger partial charge in [0.15, 0.2) is 6.10 Å². The third-order valence-electron chi connectivity index (χ3n) is 4.71. The van der Waals surface area contributed by atoms with E-state index >= 15 is 0 Å². The van der Waals surface area contributed by atoms with Crippen LogP contribution in [0, 0.1) is 5.92 Å². The van der Waals surface area contributed by atoms with E-state index in [1.807, 2.05) is 24.3 Å². The number of benzene rings is 2. The molecule has 1 N–H and O–H groups in total. The van der Waals surface area contributed by atoms with Crippen molar-refractivity contribution in [3.8, 4) is 0 Å². The molecule has 2 heterocycles. The molecule has 2 amide bonds. The number of amides is 2. The maximum atomic E-state index is 12.4. The maximum absolute atomic E-state index is 12.4. The molecule has 0 spiro atoms. The summed E-state index contributed by atoms with van der Waals surface area (Å²) in [5.74, 6) is -1.93. The number of anilines is 1. The standard InChI is InChI=1S/C19H15BrN2O5/c1-26-19(25)11-4-2-10(3-5-11)15-14-16(18(24)21-17(14)23)27-22(15)13-8-6-12(20)7-9-13/h2-9,14-16H,1H3,(H,21,23,24)/t14-,15+,16-/m0/s1. The normalized spacial score (nSPS) is 23.9. The number of hydrogen-bond donors (Lipinski definition) is 1. The zero-order valence-corrected chi connectivity index (χ0v) is 15.8. The second-order valence-corrected chi connectivity index (χ2v) is 7.18. The molecule has 2 aromatic rings. The highest BCUT2D eigenvalue weighted by Crippen LogP contribution is 2.44. The lowest BCUT2D eigenvalue weighted by Gasteiger charge is -2.27.